The van der Waals surface area contributed by atoms with Crippen molar-refractivity contribution in [1.29, 1.82) is 5.26 Å². The van der Waals surface area contributed by atoms with Gasteiger partial charge in [0.1, 0.15) is 6.07 Å². The van der Waals surface area contributed by atoms with Crippen molar-refractivity contribution in [3.63, 3.8) is 0 Å². The second-order valence-corrected chi connectivity index (χ2v) is 7.01. The molecule has 1 saturated heterocycles. The van der Waals surface area contributed by atoms with Crippen LogP contribution in [-0.2, 0) is 11.2 Å². The van der Waals surface area contributed by atoms with E-state index in [0.29, 0.717) is 17.1 Å². The van der Waals surface area contributed by atoms with Gasteiger partial charge in [-0.25, -0.2) is 0 Å². The maximum absolute atomic E-state index is 12.4. The lowest BCUT2D eigenvalue weighted by Crippen LogP contribution is -2.48. The number of benzene rings is 2. The molecule has 3 rings (SSSR count). The van der Waals surface area contributed by atoms with Crippen molar-refractivity contribution in [3.8, 4) is 6.07 Å². The van der Waals surface area contributed by atoms with E-state index in [2.05, 4.69) is 28.1 Å². The summed E-state index contributed by atoms with van der Waals surface area (Å²) in [5.74, 6) is 0.0192. The van der Waals surface area contributed by atoms with Crippen LogP contribution in [0.4, 0.5) is 11.4 Å². The number of nitrogens with one attached hydrogen (secondary N) is 1. The quantitative estimate of drug-likeness (QED) is 0.859. The molecule has 140 valence electrons. The summed E-state index contributed by atoms with van der Waals surface area (Å²) in [6.07, 6.45) is 0.891. The number of aryl methyl sites for hydroxylation is 1. The molecule has 0 radical (unpaired) electrons. The zero-order valence-electron chi connectivity index (χ0n) is 15.4. The summed E-state index contributed by atoms with van der Waals surface area (Å²) in [7, 11) is 0. The van der Waals surface area contributed by atoms with E-state index >= 15 is 0 Å². The highest BCUT2D eigenvalue weighted by atomic mass is 35.5. The molecule has 0 atom stereocenters. The molecular formula is C21H23ClN4O. The average Bonchev–Trinajstić information content (AvgIpc) is 2.69. The van der Waals surface area contributed by atoms with Gasteiger partial charge in [0.05, 0.1) is 17.1 Å². The maximum Gasteiger partial charge on any atom is 0.238 e. The SMILES string of the molecule is CCc1ccccc1NC(=O)CN1CCN(c2ccc(C#N)c(Cl)c2)CC1. The fourth-order valence-corrected chi connectivity index (χ4v) is 3.52. The molecule has 1 N–H and O–H groups in total. The Balaban J connectivity index is 1.53. The molecule has 1 fully saturated rings. The Hall–Kier alpha value is -2.55. The molecule has 1 heterocycles. The molecule has 0 aromatic heterocycles. The molecule has 1 amide bonds. The first-order valence-electron chi connectivity index (χ1n) is 9.15. The second kappa shape index (κ2) is 8.90. The molecule has 1 aliphatic heterocycles. The van der Waals surface area contributed by atoms with Crippen molar-refractivity contribution in [2.45, 2.75) is 13.3 Å². The van der Waals surface area contributed by atoms with Crippen LogP contribution in [0.5, 0.6) is 0 Å². The number of amides is 1. The number of nitriles is 1. The molecule has 2 aromatic rings. The van der Waals surface area contributed by atoms with E-state index in [0.717, 1.165) is 49.5 Å². The minimum Gasteiger partial charge on any atom is -0.369 e. The van der Waals surface area contributed by atoms with E-state index in [1.165, 1.54) is 0 Å². The van der Waals surface area contributed by atoms with Crippen molar-refractivity contribution in [2.24, 2.45) is 0 Å². The number of carbonyl (C=O) groups excluding carboxylic acids is 1. The number of halogens is 1. The van der Waals surface area contributed by atoms with E-state index < -0.39 is 0 Å². The molecule has 1 aliphatic rings. The van der Waals surface area contributed by atoms with Crippen LogP contribution in [0, 0.1) is 11.3 Å². The van der Waals surface area contributed by atoms with Gasteiger partial charge in [0.2, 0.25) is 5.91 Å². The summed E-state index contributed by atoms with van der Waals surface area (Å²) < 4.78 is 0. The molecule has 2 aromatic carbocycles. The normalized spacial score (nSPS) is 14.6. The van der Waals surface area contributed by atoms with Gasteiger partial charge < -0.3 is 10.2 Å². The van der Waals surface area contributed by atoms with Crippen LogP contribution in [0.15, 0.2) is 42.5 Å². The minimum atomic E-state index is 0.0192. The smallest absolute Gasteiger partial charge is 0.238 e. The van der Waals surface area contributed by atoms with Gasteiger partial charge in [0.15, 0.2) is 0 Å². The van der Waals surface area contributed by atoms with E-state index in [1.807, 2.05) is 36.4 Å². The van der Waals surface area contributed by atoms with Crippen molar-refractivity contribution in [1.82, 2.24) is 4.90 Å². The average molecular weight is 383 g/mol. The van der Waals surface area contributed by atoms with Crippen LogP contribution in [0.25, 0.3) is 0 Å². The van der Waals surface area contributed by atoms with Gasteiger partial charge in [-0.1, -0.05) is 36.7 Å². The van der Waals surface area contributed by atoms with Gasteiger partial charge in [0, 0.05) is 37.6 Å². The second-order valence-electron chi connectivity index (χ2n) is 6.60. The molecule has 0 spiro atoms. The largest absolute Gasteiger partial charge is 0.369 e. The Kier molecular flexibility index (Phi) is 6.33. The molecule has 0 unspecified atom stereocenters. The zero-order valence-corrected chi connectivity index (χ0v) is 16.2. The number of rotatable bonds is 5. The fourth-order valence-electron chi connectivity index (χ4n) is 3.30. The molecule has 6 heteroatoms. The van der Waals surface area contributed by atoms with E-state index in [1.54, 1.807) is 6.07 Å². The van der Waals surface area contributed by atoms with Crippen LogP contribution in [0.2, 0.25) is 5.02 Å². The summed E-state index contributed by atoms with van der Waals surface area (Å²) in [5, 5.41) is 12.5. The van der Waals surface area contributed by atoms with Gasteiger partial charge in [-0.05, 0) is 36.2 Å². The van der Waals surface area contributed by atoms with E-state index in [9.17, 15) is 4.79 Å². The molecule has 27 heavy (non-hydrogen) atoms. The first kappa shape index (κ1) is 19.2. The van der Waals surface area contributed by atoms with Crippen LogP contribution < -0.4 is 10.2 Å². The third-order valence-corrected chi connectivity index (χ3v) is 5.16. The maximum atomic E-state index is 12.4. The lowest BCUT2D eigenvalue weighted by Gasteiger charge is -2.35. The van der Waals surface area contributed by atoms with Crippen LogP contribution >= 0.6 is 11.6 Å². The topological polar surface area (TPSA) is 59.4 Å². The molecule has 0 aliphatic carbocycles. The van der Waals surface area contributed by atoms with Gasteiger partial charge in [-0.3, -0.25) is 9.69 Å². The lowest BCUT2D eigenvalue weighted by atomic mass is 10.1. The van der Waals surface area contributed by atoms with E-state index in [-0.39, 0.29) is 5.91 Å². The zero-order chi connectivity index (χ0) is 19.2. The highest BCUT2D eigenvalue weighted by Gasteiger charge is 2.20. The number of para-hydroxylation sites is 1. The Labute approximate surface area is 165 Å². The first-order chi connectivity index (χ1) is 13.1. The van der Waals surface area contributed by atoms with Gasteiger partial charge in [0.25, 0.3) is 0 Å². The summed E-state index contributed by atoms with van der Waals surface area (Å²) in [6, 6.07) is 15.5. The van der Waals surface area contributed by atoms with Crippen LogP contribution in [0.3, 0.4) is 0 Å². The number of hydrogen-bond acceptors (Lipinski definition) is 4. The van der Waals surface area contributed by atoms with Crippen LogP contribution in [-0.4, -0.2) is 43.5 Å². The van der Waals surface area contributed by atoms with Gasteiger partial charge in [-0.2, -0.15) is 5.26 Å². The van der Waals surface area contributed by atoms with Gasteiger partial charge >= 0.3 is 0 Å². The number of hydrogen-bond donors (Lipinski definition) is 1. The standard InChI is InChI=1S/C21H23ClN4O/c1-2-16-5-3-4-6-20(16)24-21(27)15-25-9-11-26(12-10-25)18-8-7-17(14-23)19(22)13-18/h3-8,13H,2,9-12,15H2,1H3,(H,24,27). The molecule has 0 bridgehead atoms. The molecule has 5 nitrogen and oxygen atoms in total. The van der Waals surface area contributed by atoms with Crippen molar-refractivity contribution in [3.05, 3.63) is 58.6 Å². The fraction of sp³-hybridized carbons (Fsp3) is 0.333. The summed E-state index contributed by atoms with van der Waals surface area (Å²) in [6.45, 7) is 5.72. The first-order valence-corrected chi connectivity index (χ1v) is 9.53. The molecular weight excluding hydrogens is 360 g/mol. The highest BCUT2D eigenvalue weighted by molar-refractivity contribution is 6.32. The predicted octanol–water partition coefficient (Wildman–Crippen LogP) is 3.53. The number of piperazine rings is 1. The summed E-state index contributed by atoms with van der Waals surface area (Å²) in [5.41, 5.74) is 3.55. The molecule has 0 saturated carbocycles. The third-order valence-electron chi connectivity index (χ3n) is 4.85. The summed E-state index contributed by atoms with van der Waals surface area (Å²) >= 11 is 6.14. The number of anilines is 2. The number of nitrogens with zero attached hydrogens (tertiary/aromatic N) is 3. The van der Waals surface area contributed by atoms with Crippen molar-refractivity contribution >= 4 is 28.9 Å². The Bertz CT molecular complexity index is 854. The number of carbonyl (C=O) groups is 1. The van der Waals surface area contributed by atoms with E-state index in [4.69, 9.17) is 16.9 Å². The predicted molar refractivity (Wildman–Crippen MR) is 109 cm³/mol. The Morgan fingerprint density at radius 2 is 1.93 bits per heavy atom. The Morgan fingerprint density at radius 3 is 2.59 bits per heavy atom. The van der Waals surface area contributed by atoms with Crippen molar-refractivity contribution in [2.75, 3.05) is 42.9 Å². The van der Waals surface area contributed by atoms with Crippen LogP contribution in [0.1, 0.15) is 18.1 Å². The lowest BCUT2D eigenvalue weighted by molar-refractivity contribution is -0.117. The summed E-state index contributed by atoms with van der Waals surface area (Å²) in [4.78, 5) is 16.8. The Morgan fingerprint density at radius 1 is 1.19 bits per heavy atom. The van der Waals surface area contributed by atoms with Gasteiger partial charge in [-0.15, -0.1) is 0 Å². The monoisotopic (exact) mass is 382 g/mol. The minimum absolute atomic E-state index is 0.0192. The van der Waals surface area contributed by atoms with Crippen molar-refractivity contribution < 1.29 is 4.79 Å². The highest BCUT2D eigenvalue weighted by Crippen LogP contribution is 2.24. The third kappa shape index (κ3) is 4.79.